The van der Waals surface area contributed by atoms with Crippen LogP contribution in [-0.4, -0.2) is 37.9 Å². The Morgan fingerprint density at radius 1 is 1.19 bits per heavy atom. The van der Waals surface area contributed by atoms with E-state index in [1.54, 1.807) is 25.1 Å². The third-order valence-electron chi connectivity index (χ3n) is 3.53. The first-order valence-electron chi connectivity index (χ1n) is 7.64. The number of rotatable bonds is 6. The fraction of sp³-hybridized carbons (Fsp3) is 0.176. The lowest BCUT2D eigenvalue weighted by molar-refractivity contribution is -0.119. The number of phenols is 1. The molecule has 10 heteroatoms. The highest BCUT2D eigenvalue weighted by Gasteiger charge is 2.23. The zero-order valence-corrected chi connectivity index (χ0v) is 16.8. The maximum Gasteiger partial charge on any atom is 0.260 e. The number of nitrogens with zero attached hydrogens (tertiary/aromatic N) is 2. The molecule has 2 aromatic rings. The van der Waals surface area contributed by atoms with Gasteiger partial charge in [-0.25, -0.2) is 13.8 Å². The number of aromatic hydroxyl groups is 1. The molecule has 0 bridgehead atoms. The number of phenolic OH excluding ortho intramolecular Hbond substituents is 1. The maximum absolute atomic E-state index is 12.2. The minimum Gasteiger partial charge on any atom is -0.507 e. The minimum absolute atomic E-state index is 0.0106. The first kappa shape index (κ1) is 21.0. The number of amides is 1. The summed E-state index contributed by atoms with van der Waals surface area (Å²) in [6.45, 7) is 1.05. The number of carbonyl (C=O) groups excluding carboxylic acids is 1. The Morgan fingerprint density at radius 2 is 1.85 bits per heavy atom. The van der Waals surface area contributed by atoms with Gasteiger partial charge in [-0.05, 0) is 31.2 Å². The molecule has 0 spiro atoms. The topological polar surface area (TPSA) is 99.1 Å². The predicted octanol–water partition coefficient (Wildman–Crippen LogP) is 3.01. The molecule has 2 N–H and O–H groups in total. The number of halogens is 2. The monoisotopic (exact) mass is 429 g/mol. The van der Waals surface area contributed by atoms with Crippen molar-refractivity contribution in [3.8, 4) is 5.75 Å². The maximum atomic E-state index is 12.2. The van der Waals surface area contributed by atoms with E-state index in [0.29, 0.717) is 11.3 Å². The molecule has 0 radical (unpaired) electrons. The van der Waals surface area contributed by atoms with Crippen LogP contribution in [0.3, 0.4) is 0 Å². The molecule has 0 aliphatic carbocycles. The fourth-order valence-corrected chi connectivity index (χ4v) is 3.53. The zero-order chi connectivity index (χ0) is 20.2. The summed E-state index contributed by atoms with van der Waals surface area (Å²) in [5, 5.41) is 13.9. The van der Waals surface area contributed by atoms with Gasteiger partial charge in [-0.1, -0.05) is 41.4 Å². The molecule has 27 heavy (non-hydrogen) atoms. The van der Waals surface area contributed by atoms with Crippen molar-refractivity contribution >= 4 is 50.5 Å². The molecule has 144 valence electrons. The lowest BCUT2D eigenvalue weighted by atomic mass is 10.1. The van der Waals surface area contributed by atoms with Crippen LogP contribution in [-0.2, 0) is 14.8 Å². The minimum atomic E-state index is -3.81. The number of hydrogen-bond donors (Lipinski definition) is 2. The molecule has 0 atom stereocenters. The summed E-state index contributed by atoms with van der Waals surface area (Å²) in [5.41, 5.74) is 3.15. The SMILES string of the molecule is CC(=NNC(=O)CN(c1cccc(Cl)c1Cl)S(C)(=O)=O)c1ccccc1O. The second kappa shape index (κ2) is 8.60. The van der Waals surface area contributed by atoms with Crippen LogP contribution < -0.4 is 9.73 Å². The molecule has 0 aliphatic rings. The lowest BCUT2D eigenvalue weighted by Gasteiger charge is -2.22. The van der Waals surface area contributed by atoms with Gasteiger partial charge in [-0.2, -0.15) is 5.10 Å². The molecule has 2 aromatic carbocycles. The Morgan fingerprint density at radius 3 is 2.48 bits per heavy atom. The van der Waals surface area contributed by atoms with Crippen molar-refractivity contribution < 1.29 is 18.3 Å². The van der Waals surface area contributed by atoms with Crippen molar-refractivity contribution in [3.63, 3.8) is 0 Å². The smallest absolute Gasteiger partial charge is 0.260 e. The summed E-state index contributed by atoms with van der Waals surface area (Å²) in [6.07, 6.45) is 0.952. The molecule has 0 saturated carbocycles. The molecular weight excluding hydrogens is 413 g/mol. The van der Waals surface area contributed by atoms with Crippen LogP contribution in [0.2, 0.25) is 10.0 Å². The molecule has 0 saturated heterocycles. The van der Waals surface area contributed by atoms with Crippen LogP contribution in [0.5, 0.6) is 5.75 Å². The number of para-hydroxylation sites is 1. The van der Waals surface area contributed by atoms with Gasteiger partial charge in [0.05, 0.1) is 27.7 Å². The summed E-state index contributed by atoms with van der Waals surface area (Å²) >= 11 is 12.0. The summed E-state index contributed by atoms with van der Waals surface area (Å²) in [4.78, 5) is 12.2. The molecule has 0 heterocycles. The standard InChI is InChI=1S/C17H17Cl2N3O4S/c1-11(12-6-3-4-9-15(12)23)20-21-16(24)10-22(27(2,25)26)14-8-5-7-13(18)17(14)19/h3-9,23H,10H2,1-2H3,(H,21,24). The molecule has 0 aliphatic heterocycles. The quantitative estimate of drug-likeness (QED) is 0.544. The normalized spacial score (nSPS) is 11.9. The van der Waals surface area contributed by atoms with Crippen molar-refractivity contribution in [2.75, 3.05) is 17.1 Å². The molecule has 2 rings (SSSR count). The number of nitrogens with one attached hydrogen (secondary N) is 1. The van der Waals surface area contributed by atoms with Gasteiger partial charge in [0.25, 0.3) is 5.91 Å². The highest BCUT2D eigenvalue weighted by molar-refractivity contribution is 7.92. The fourth-order valence-electron chi connectivity index (χ4n) is 2.22. The second-order valence-electron chi connectivity index (χ2n) is 5.59. The zero-order valence-electron chi connectivity index (χ0n) is 14.5. The molecule has 0 aromatic heterocycles. The number of hydrogen-bond acceptors (Lipinski definition) is 5. The van der Waals surface area contributed by atoms with Gasteiger partial charge in [0.1, 0.15) is 12.3 Å². The van der Waals surface area contributed by atoms with Crippen LogP contribution in [0.15, 0.2) is 47.6 Å². The Bertz CT molecular complexity index is 993. The van der Waals surface area contributed by atoms with Gasteiger partial charge in [0, 0.05) is 5.56 Å². The van der Waals surface area contributed by atoms with E-state index in [2.05, 4.69) is 10.5 Å². The lowest BCUT2D eigenvalue weighted by Crippen LogP contribution is -2.39. The number of carbonyl (C=O) groups is 1. The van der Waals surface area contributed by atoms with Crippen LogP contribution in [0.1, 0.15) is 12.5 Å². The van der Waals surface area contributed by atoms with E-state index >= 15 is 0 Å². The van der Waals surface area contributed by atoms with Crippen LogP contribution in [0.4, 0.5) is 5.69 Å². The van der Waals surface area contributed by atoms with E-state index in [9.17, 15) is 18.3 Å². The van der Waals surface area contributed by atoms with Crippen molar-refractivity contribution in [2.24, 2.45) is 5.10 Å². The Labute approximate surface area is 167 Å². The van der Waals surface area contributed by atoms with Gasteiger partial charge < -0.3 is 5.11 Å². The predicted molar refractivity (Wildman–Crippen MR) is 107 cm³/mol. The largest absolute Gasteiger partial charge is 0.507 e. The third-order valence-corrected chi connectivity index (χ3v) is 5.46. The van der Waals surface area contributed by atoms with Crippen molar-refractivity contribution in [3.05, 3.63) is 58.1 Å². The van der Waals surface area contributed by atoms with Crippen LogP contribution >= 0.6 is 23.2 Å². The summed E-state index contributed by atoms with van der Waals surface area (Å²) in [5.74, 6) is -0.678. The average molecular weight is 430 g/mol. The van der Waals surface area contributed by atoms with Gasteiger partial charge in [-0.15, -0.1) is 0 Å². The number of anilines is 1. The molecule has 0 unspecified atom stereocenters. The van der Waals surface area contributed by atoms with Gasteiger partial charge in [0.15, 0.2) is 0 Å². The number of sulfonamides is 1. The van der Waals surface area contributed by atoms with Crippen LogP contribution in [0.25, 0.3) is 0 Å². The number of hydrazone groups is 1. The van der Waals surface area contributed by atoms with E-state index in [4.69, 9.17) is 23.2 Å². The average Bonchev–Trinajstić information content (AvgIpc) is 2.60. The van der Waals surface area contributed by atoms with Gasteiger partial charge in [0.2, 0.25) is 10.0 Å². The third kappa shape index (κ3) is 5.35. The highest BCUT2D eigenvalue weighted by Crippen LogP contribution is 2.33. The molecule has 7 nitrogen and oxygen atoms in total. The van der Waals surface area contributed by atoms with E-state index < -0.39 is 22.5 Å². The first-order chi connectivity index (χ1) is 12.6. The molecule has 1 amide bonds. The van der Waals surface area contributed by atoms with Crippen molar-refractivity contribution in [1.29, 1.82) is 0 Å². The Balaban J connectivity index is 2.21. The van der Waals surface area contributed by atoms with Gasteiger partial charge in [-0.3, -0.25) is 9.10 Å². The van der Waals surface area contributed by atoms with Crippen molar-refractivity contribution in [2.45, 2.75) is 6.92 Å². The van der Waals surface area contributed by atoms with E-state index in [0.717, 1.165) is 10.6 Å². The van der Waals surface area contributed by atoms with Crippen LogP contribution in [0, 0.1) is 0 Å². The highest BCUT2D eigenvalue weighted by atomic mass is 35.5. The Kier molecular flexibility index (Phi) is 6.69. The van der Waals surface area contributed by atoms with Crippen molar-refractivity contribution in [1.82, 2.24) is 5.43 Å². The molecule has 0 fully saturated rings. The van der Waals surface area contributed by atoms with Gasteiger partial charge >= 0.3 is 0 Å². The molecular formula is C17H17Cl2N3O4S. The summed E-state index contributed by atoms with van der Waals surface area (Å²) in [7, 11) is -3.81. The van der Waals surface area contributed by atoms with E-state index in [1.807, 2.05) is 0 Å². The summed E-state index contributed by atoms with van der Waals surface area (Å²) < 4.78 is 25.1. The second-order valence-corrected chi connectivity index (χ2v) is 8.28. The Hall–Kier alpha value is -2.29. The van der Waals surface area contributed by atoms with E-state index in [-0.39, 0.29) is 21.5 Å². The summed E-state index contributed by atoms with van der Waals surface area (Å²) in [6, 6.07) is 11.0. The first-order valence-corrected chi connectivity index (χ1v) is 10.2. The van der Waals surface area contributed by atoms with E-state index in [1.165, 1.54) is 24.3 Å². The number of benzene rings is 2.